The number of halogens is 2. The number of hydrogen-bond acceptors (Lipinski definition) is 5. The summed E-state index contributed by atoms with van der Waals surface area (Å²) in [4.78, 5) is 19.5. The van der Waals surface area contributed by atoms with E-state index in [-0.39, 0.29) is 11.7 Å². The summed E-state index contributed by atoms with van der Waals surface area (Å²) >= 11 is 13.4. The Morgan fingerprint density at radius 1 is 1.19 bits per heavy atom. The number of anilines is 1. The molecule has 0 unspecified atom stereocenters. The van der Waals surface area contributed by atoms with Gasteiger partial charge in [-0.25, -0.2) is 4.98 Å². The highest BCUT2D eigenvalue weighted by molar-refractivity contribution is 8.00. The second kappa shape index (κ2) is 10.4. The van der Waals surface area contributed by atoms with Crippen LogP contribution in [0.5, 0.6) is 0 Å². The zero-order chi connectivity index (χ0) is 22.5. The third-order valence-corrected chi connectivity index (χ3v) is 6.96. The summed E-state index contributed by atoms with van der Waals surface area (Å²) in [7, 11) is 0. The predicted octanol–water partition coefficient (Wildman–Crippen LogP) is 5.55. The van der Waals surface area contributed by atoms with E-state index < -0.39 is 0 Å². The molecular formula is C24H20Cl2N4OS. The first-order chi connectivity index (χ1) is 15.5. The molecule has 4 rings (SSSR count). The SMILES string of the molecule is N#Cc1cc2c(nc1SCC(=O)Nc1cccc(Cl)c1Cl)CCN(Cc1ccccc1)C2. The summed E-state index contributed by atoms with van der Waals surface area (Å²) in [5, 5.41) is 13.7. The van der Waals surface area contributed by atoms with E-state index in [0.717, 1.165) is 37.3 Å². The number of nitriles is 1. The number of carbonyl (C=O) groups is 1. The van der Waals surface area contributed by atoms with E-state index in [1.807, 2.05) is 24.3 Å². The number of nitrogens with zero attached hydrogens (tertiary/aromatic N) is 3. The van der Waals surface area contributed by atoms with Gasteiger partial charge in [0.1, 0.15) is 11.1 Å². The summed E-state index contributed by atoms with van der Waals surface area (Å²) in [5.74, 6) is -0.125. The molecule has 1 aliphatic heterocycles. The summed E-state index contributed by atoms with van der Waals surface area (Å²) in [6, 6.07) is 19.6. The first-order valence-corrected chi connectivity index (χ1v) is 11.8. The van der Waals surface area contributed by atoms with Crippen molar-refractivity contribution in [3.8, 4) is 6.07 Å². The van der Waals surface area contributed by atoms with E-state index in [4.69, 9.17) is 28.2 Å². The van der Waals surface area contributed by atoms with Crippen LogP contribution in [0.4, 0.5) is 5.69 Å². The van der Waals surface area contributed by atoms with Gasteiger partial charge in [0.15, 0.2) is 0 Å². The topological polar surface area (TPSA) is 69.0 Å². The highest BCUT2D eigenvalue weighted by atomic mass is 35.5. The molecular weight excluding hydrogens is 463 g/mol. The molecule has 0 aliphatic carbocycles. The first-order valence-electron chi connectivity index (χ1n) is 10.1. The molecule has 1 N–H and O–H groups in total. The van der Waals surface area contributed by atoms with Gasteiger partial charge in [-0.05, 0) is 29.3 Å². The molecule has 0 saturated heterocycles. The molecule has 3 aromatic rings. The number of hydrogen-bond donors (Lipinski definition) is 1. The lowest BCUT2D eigenvalue weighted by Crippen LogP contribution is -2.31. The molecule has 1 aliphatic rings. The van der Waals surface area contributed by atoms with Crippen LogP contribution in [0.25, 0.3) is 0 Å². The quantitative estimate of drug-likeness (QED) is 0.466. The van der Waals surface area contributed by atoms with E-state index in [9.17, 15) is 10.1 Å². The lowest BCUT2D eigenvalue weighted by Gasteiger charge is -2.28. The van der Waals surface area contributed by atoms with Gasteiger partial charge >= 0.3 is 0 Å². The fourth-order valence-corrected chi connectivity index (χ4v) is 4.72. The van der Waals surface area contributed by atoms with Gasteiger partial charge in [-0.3, -0.25) is 9.69 Å². The Morgan fingerprint density at radius 2 is 2.00 bits per heavy atom. The van der Waals surface area contributed by atoms with Gasteiger partial charge in [0.05, 0.1) is 27.0 Å². The monoisotopic (exact) mass is 482 g/mol. The highest BCUT2D eigenvalue weighted by Crippen LogP contribution is 2.30. The van der Waals surface area contributed by atoms with Crippen molar-refractivity contribution in [2.45, 2.75) is 24.5 Å². The molecule has 2 heterocycles. The number of rotatable bonds is 6. The maximum Gasteiger partial charge on any atom is 0.234 e. The van der Waals surface area contributed by atoms with E-state index in [1.54, 1.807) is 18.2 Å². The highest BCUT2D eigenvalue weighted by Gasteiger charge is 2.21. The van der Waals surface area contributed by atoms with Crippen LogP contribution in [-0.2, 0) is 24.3 Å². The lowest BCUT2D eigenvalue weighted by molar-refractivity contribution is -0.113. The number of thioether (sulfide) groups is 1. The molecule has 1 amide bonds. The summed E-state index contributed by atoms with van der Waals surface area (Å²) in [6.45, 7) is 2.52. The van der Waals surface area contributed by atoms with Crippen molar-refractivity contribution in [1.82, 2.24) is 9.88 Å². The molecule has 162 valence electrons. The fourth-order valence-electron chi connectivity index (χ4n) is 3.60. The Kier molecular flexibility index (Phi) is 7.33. The first kappa shape index (κ1) is 22.6. The van der Waals surface area contributed by atoms with Crippen molar-refractivity contribution in [2.24, 2.45) is 0 Å². The normalized spacial score (nSPS) is 13.3. The number of fused-ring (bicyclic) bond motifs is 1. The van der Waals surface area contributed by atoms with Crippen LogP contribution >= 0.6 is 35.0 Å². The van der Waals surface area contributed by atoms with Crippen molar-refractivity contribution >= 4 is 46.6 Å². The molecule has 0 atom stereocenters. The third-order valence-electron chi connectivity index (χ3n) is 5.15. The van der Waals surface area contributed by atoms with E-state index >= 15 is 0 Å². The molecule has 5 nitrogen and oxygen atoms in total. The molecule has 1 aromatic heterocycles. The summed E-state index contributed by atoms with van der Waals surface area (Å²) in [6.07, 6.45) is 0.811. The van der Waals surface area contributed by atoms with Crippen LogP contribution in [0.1, 0.15) is 22.4 Å². The van der Waals surface area contributed by atoms with E-state index in [2.05, 4.69) is 28.4 Å². The van der Waals surface area contributed by atoms with E-state index in [1.165, 1.54) is 17.3 Å². The number of carbonyl (C=O) groups excluding carboxylic acids is 1. The van der Waals surface area contributed by atoms with Crippen LogP contribution in [0.2, 0.25) is 10.0 Å². The van der Waals surface area contributed by atoms with Crippen LogP contribution in [0.3, 0.4) is 0 Å². The second-order valence-electron chi connectivity index (χ2n) is 7.44. The summed E-state index contributed by atoms with van der Waals surface area (Å²) < 4.78 is 0. The Morgan fingerprint density at radius 3 is 2.78 bits per heavy atom. The molecule has 8 heteroatoms. The molecule has 0 bridgehead atoms. The Hall–Kier alpha value is -2.56. The molecule has 0 saturated carbocycles. The van der Waals surface area contributed by atoms with Gasteiger partial charge in [0.2, 0.25) is 5.91 Å². The minimum absolute atomic E-state index is 0.115. The summed E-state index contributed by atoms with van der Waals surface area (Å²) in [5.41, 5.74) is 4.28. The number of pyridine rings is 1. The zero-order valence-corrected chi connectivity index (χ0v) is 19.5. The minimum atomic E-state index is -0.239. The van der Waals surface area contributed by atoms with Crippen molar-refractivity contribution in [3.63, 3.8) is 0 Å². The number of aromatic nitrogens is 1. The standard InChI is InChI=1S/C24H20Cl2N4OS/c25-19-7-4-8-21(23(19)26)28-22(31)15-32-24-17(12-27)11-18-14-30(10-9-20(18)29-24)13-16-5-2-1-3-6-16/h1-8,11H,9-10,13-15H2,(H,28,31). The number of nitrogens with one attached hydrogen (secondary N) is 1. The lowest BCUT2D eigenvalue weighted by atomic mass is 10.0. The van der Waals surface area contributed by atoms with Gasteiger partial charge in [0.25, 0.3) is 0 Å². The average molecular weight is 483 g/mol. The predicted molar refractivity (Wildman–Crippen MR) is 129 cm³/mol. The van der Waals surface area contributed by atoms with Gasteiger partial charge in [-0.2, -0.15) is 5.26 Å². The van der Waals surface area contributed by atoms with Crippen molar-refractivity contribution in [2.75, 3.05) is 17.6 Å². The second-order valence-corrected chi connectivity index (χ2v) is 9.19. The zero-order valence-electron chi connectivity index (χ0n) is 17.1. The Bertz CT molecular complexity index is 1180. The van der Waals surface area contributed by atoms with Gasteiger partial charge in [0, 0.05) is 31.7 Å². The molecule has 0 fully saturated rings. The molecule has 2 aromatic carbocycles. The largest absolute Gasteiger partial charge is 0.324 e. The molecule has 0 radical (unpaired) electrons. The van der Waals surface area contributed by atoms with Crippen molar-refractivity contribution in [3.05, 3.63) is 87.0 Å². The Balaban J connectivity index is 1.42. The molecule has 0 spiro atoms. The van der Waals surface area contributed by atoms with Gasteiger partial charge in [-0.1, -0.05) is 71.4 Å². The maximum absolute atomic E-state index is 12.4. The number of amides is 1. The van der Waals surface area contributed by atoms with Gasteiger partial charge in [-0.15, -0.1) is 0 Å². The number of benzene rings is 2. The third kappa shape index (κ3) is 5.43. The van der Waals surface area contributed by atoms with Crippen LogP contribution < -0.4 is 5.32 Å². The van der Waals surface area contributed by atoms with Gasteiger partial charge < -0.3 is 5.32 Å². The van der Waals surface area contributed by atoms with Crippen LogP contribution in [-0.4, -0.2) is 28.1 Å². The van der Waals surface area contributed by atoms with Crippen LogP contribution in [0, 0.1) is 11.3 Å². The average Bonchev–Trinajstić information content (AvgIpc) is 2.80. The maximum atomic E-state index is 12.4. The van der Waals surface area contributed by atoms with Crippen molar-refractivity contribution < 1.29 is 4.79 Å². The molecule has 32 heavy (non-hydrogen) atoms. The Labute approximate surface area is 201 Å². The van der Waals surface area contributed by atoms with Crippen molar-refractivity contribution in [1.29, 1.82) is 5.26 Å². The van der Waals surface area contributed by atoms with E-state index in [0.29, 0.717) is 26.3 Å². The fraction of sp³-hybridized carbons (Fsp3) is 0.208. The van der Waals surface area contributed by atoms with Crippen LogP contribution in [0.15, 0.2) is 59.6 Å². The smallest absolute Gasteiger partial charge is 0.234 e. The minimum Gasteiger partial charge on any atom is -0.324 e.